The van der Waals surface area contributed by atoms with Gasteiger partial charge in [0.05, 0.1) is 27.4 Å². The Bertz CT molecular complexity index is 968. The van der Waals surface area contributed by atoms with Gasteiger partial charge in [0.2, 0.25) is 0 Å². The van der Waals surface area contributed by atoms with Crippen LogP contribution in [-0.2, 0) is 9.63 Å². The molecule has 0 atom stereocenters. The molecule has 2 aliphatic rings. The van der Waals surface area contributed by atoms with Crippen molar-refractivity contribution in [1.82, 2.24) is 5.06 Å². The molecule has 0 fully saturated rings. The third-order valence-electron chi connectivity index (χ3n) is 3.85. The maximum atomic E-state index is 12.4. The van der Waals surface area contributed by atoms with E-state index in [0.29, 0.717) is 10.8 Å². The average Bonchev–Trinajstić information content (AvgIpc) is 2.86. The van der Waals surface area contributed by atoms with Crippen molar-refractivity contribution in [1.29, 1.82) is 0 Å². The van der Waals surface area contributed by atoms with E-state index in [4.69, 9.17) is 21.2 Å². The predicted molar refractivity (Wildman–Crippen MR) is 87.9 cm³/mol. The molecule has 0 aromatic heterocycles. The largest absolute Gasteiger partial charge is 0.482 e. The van der Waals surface area contributed by atoms with Crippen LogP contribution in [0.15, 0.2) is 36.4 Å². The Morgan fingerprint density at radius 1 is 1.12 bits per heavy atom. The summed E-state index contributed by atoms with van der Waals surface area (Å²) in [4.78, 5) is 53.2. The van der Waals surface area contributed by atoms with Gasteiger partial charge in [-0.3, -0.25) is 14.4 Å². The van der Waals surface area contributed by atoms with E-state index >= 15 is 0 Å². The number of rotatable bonds is 2. The maximum Gasteiger partial charge on any atom is 0.365 e. The van der Waals surface area contributed by atoms with Crippen LogP contribution in [0.25, 0.3) is 0 Å². The topological polar surface area (TPSA) is 102 Å². The average molecular weight is 373 g/mol. The minimum atomic E-state index is -1.01. The lowest BCUT2D eigenvalue weighted by molar-refractivity contribution is -0.118. The first-order chi connectivity index (χ1) is 12.5. The fourth-order valence-corrected chi connectivity index (χ4v) is 2.88. The first kappa shape index (κ1) is 16.1. The summed E-state index contributed by atoms with van der Waals surface area (Å²) < 4.78 is 5.22. The SMILES string of the molecule is O=C1COc2cc(C(=O)ON3C(=O)c4ccccc4C3=O)c(Cl)cc2N1. The molecule has 9 heteroatoms. The van der Waals surface area contributed by atoms with E-state index in [2.05, 4.69) is 5.32 Å². The van der Waals surface area contributed by atoms with Crippen LogP contribution in [0.5, 0.6) is 5.75 Å². The number of ether oxygens (including phenoxy) is 1. The molecule has 130 valence electrons. The molecule has 0 saturated carbocycles. The van der Waals surface area contributed by atoms with Crippen molar-refractivity contribution in [3.05, 3.63) is 58.1 Å². The minimum Gasteiger partial charge on any atom is -0.482 e. The van der Waals surface area contributed by atoms with Gasteiger partial charge in [-0.1, -0.05) is 28.8 Å². The second kappa shape index (κ2) is 5.85. The molecule has 3 amide bonds. The number of halogens is 1. The molecule has 2 aromatic rings. The van der Waals surface area contributed by atoms with Crippen molar-refractivity contribution in [3.63, 3.8) is 0 Å². The Morgan fingerprint density at radius 2 is 1.77 bits per heavy atom. The number of nitrogens with one attached hydrogen (secondary N) is 1. The lowest BCUT2D eigenvalue weighted by atomic mass is 10.1. The number of hydrogen-bond donors (Lipinski definition) is 1. The number of carbonyl (C=O) groups is 4. The second-order valence-corrected chi connectivity index (χ2v) is 5.90. The van der Waals surface area contributed by atoms with Gasteiger partial charge in [-0.05, 0) is 24.3 Å². The number of hydrogen-bond acceptors (Lipinski definition) is 6. The first-order valence-corrected chi connectivity index (χ1v) is 7.80. The van der Waals surface area contributed by atoms with Gasteiger partial charge in [0.15, 0.2) is 6.61 Å². The number of imide groups is 1. The molecule has 2 heterocycles. The lowest BCUT2D eigenvalue weighted by Gasteiger charge is -2.19. The van der Waals surface area contributed by atoms with Crippen LogP contribution in [-0.4, -0.2) is 35.4 Å². The quantitative estimate of drug-likeness (QED) is 0.809. The molecular formula is C17H9ClN2O6. The molecular weight excluding hydrogens is 364 g/mol. The van der Waals surface area contributed by atoms with Crippen molar-refractivity contribution in [2.24, 2.45) is 0 Å². The molecule has 0 aliphatic carbocycles. The highest BCUT2D eigenvalue weighted by Crippen LogP contribution is 2.34. The van der Waals surface area contributed by atoms with Crippen molar-refractivity contribution in [2.45, 2.75) is 0 Å². The van der Waals surface area contributed by atoms with Crippen molar-refractivity contribution in [3.8, 4) is 5.75 Å². The van der Waals surface area contributed by atoms with Crippen LogP contribution in [0.3, 0.4) is 0 Å². The Kier molecular flexibility index (Phi) is 3.62. The van der Waals surface area contributed by atoms with E-state index in [0.717, 1.165) is 0 Å². The van der Waals surface area contributed by atoms with Crippen LogP contribution in [0.1, 0.15) is 31.1 Å². The summed E-state index contributed by atoms with van der Waals surface area (Å²) >= 11 is 6.06. The normalized spacial score (nSPS) is 15.1. The Morgan fingerprint density at radius 3 is 2.42 bits per heavy atom. The molecule has 8 nitrogen and oxygen atoms in total. The van der Waals surface area contributed by atoms with E-state index in [1.807, 2.05) is 0 Å². The van der Waals surface area contributed by atoms with Crippen molar-refractivity contribution in [2.75, 3.05) is 11.9 Å². The minimum absolute atomic E-state index is 0.0313. The molecule has 0 unspecified atom stereocenters. The molecule has 0 bridgehead atoms. The van der Waals surface area contributed by atoms with Gasteiger partial charge < -0.3 is 14.9 Å². The highest BCUT2D eigenvalue weighted by Gasteiger charge is 2.39. The zero-order valence-electron chi connectivity index (χ0n) is 12.9. The molecule has 0 radical (unpaired) electrons. The molecule has 26 heavy (non-hydrogen) atoms. The van der Waals surface area contributed by atoms with Crippen LogP contribution in [0.2, 0.25) is 5.02 Å². The van der Waals surface area contributed by atoms with Gasteiger partial charge in [-0.25, -0.2) is 4.79 Å². The summed E-state index contributed by atoms with van der Waals surface area (Å²) in [5.41, 5.74) is 0.488. The van der Waals surface area contributed by atoms with E-state index in [1.54, 1.807) is 12.1 Å². The zero-order valence-corrected chi connectivity index (χ0v) is 13.7. The fourth-order valence-electron chi connectivity index (χ4n) is 2.64. The number of benzene rings is 2. The van der Waals surface area contributed by atoms with Gasteiger partial charge in [-0.2, -0.15) is 0 Å². The first-order valence-electron chi connectivity index (χ1n) is 7.42. The molecule has 2 aliphatic heterocycles. The monoisotopic (exact) mass is 372 g/mol. The summed E-state index contributed by atoms with van der Waals surface area (Å²) in [5, 5.41) is 2.91. The molecule has 1 N–H and O–H groups in total. The van der Waals surface area contributed by atoms with E-state index < -0.39 is 17.8 Å². The number of hydroxylamine groups is 2. The van der Waals surface area contributed by atoms with Crippen molar-refractivity contribution >= 4 is 41.0 Å². The standard InChI is InChI=1S/C17H9ClN2O6/c18-11-6-12-13(25-7-14(21)19-12)5-10(11)17(24)26-20-15(22)8-3-1-2-4-9(8)16(20)23/h1-6H,7H2,(H,19,21). The number of anilines is 1. The maximum absolute atomic E-state index is 12.4. The Balaban J connectivity index is 1.61. The van der Waals surface area contributed by atoms with Gasteiger partial charge in [0, 0.05) is 0 Å². The number of amides is 3. The van der Waals surface area contributed by atoms with E-state index in [1.165, 1.54) is 24.3 Å². The van der Waals surface area contributed by atoms with Crippen LogP contribution in [0.4, 0.5) is 5.69 Å². The van der Waals surface area contributed by atoms with Gasteiger partial charge in [0.1, 0.15) is 5.75 Å². The van der Waals surface area contributed by atoms with E-state index in [-0.39, 0.29) is 40.0 Å². The highest BCUT2D eigenvalue weighted by atomic mass is 35.5. The molecule has 2 aromatic carbocycles. The van der Waals surface area contributed by atoms with E-state index in [9.17, 15) is 19.2 Å². The third-order valence-corrected chi connectivity index (χ3v) is 4.17. The number of carbonyl (C=O) groups excluding carboxylic acids is 4. The zero-order chi connectivity index (χ0) is 18.4. The second-order valence-electron chi connectivity index (χ2n) is 5.49. The Labute approximate surface area is 151 Å². The highest BCUT2D eigenvalue weighted by molar-refractivity contribution is 6.34. The van der Waals surface area contributed by atoms with Crippen LogP contribution in [0, 0.1) is 0 Å². The summed E-state index contributed by atoms with van der Waals surface area (Å²) in [7, 11) is 0. The Hall–Kier alpha value is -3.39. The summed E-state index contributed by atoms with van der Waals surface area (Å²) in [6.45, 7) is -0.207. The molecule has 0 saturated heterocycles. The summed E-state index contributed by atoms with van der Waals surface area (Å²) in [6.07, 6.45) is 0. The fraction of sp³-hybridized carbons (Fsp3) is 0.0588. The molecule has 0 spiro atoms. The smallest absolute Gasteiger partial charge is 0.365 e. The third kappa shape index (κ3) is 2.47. The predicted octanol–water partition coefficient (Wildman–Crippen LogP) is 2.04. The molecule has 4 rings (SSSR count). The lowest BCUT2D eigenvalue weighted by Crippen LogP contribution is -2.33. The van der Waals surface area contributed by atoms with Gasteiger partial charge >= 0.3 is 5.97 Å². The summed E-state index contributed by atoms with van der Waals surface area (Å²) in [6, 6.07) is 8.73. The van der Waals surface area contributed by atoms with Crippen LogP contribution >= 0.6 is 11.6 Å². The van der Waals surface area contributed by atoms with Crippen molar-refractivity contribution < 1.29 is 28.8 Å². The van der Waals surface area contributed by atoms with Crippen LogP contribution < -0.4 is 10.1 Å². The van der Waals surface area contributed by atoms with Gasteiger partial charge in [0.25, 0.3) is 17.7 Å². The number of nitrogens with zero attached hydrogens (tertiary/aromatic N) is 1. The summed E-state index contributed by atoms with van der Waals surface area (Å²) in [5.74, 6) is -2.61. The van der Waals surface area contributed by atoms with Gasteiger partial charge in [-0.15, -0.1) is 0 Å². The number of fused-ring (bicyclic) bond motifs is 2.